The Hall–Kier alpha value is -2.31. The number of carboxylic acid groups (broad SMARTS) is 1. The van der Waals surface area contributed by atoms with Crippen LogP contribution in [0.5, 0.6) is 0 Å². The maximum Gasteiger partial charge on any atom is 0.305 e. The Morgan fingerprint density at radius 3 is 2.88 bits per heavy atom. The molecule has 0 aliphatic rings. The summed E-state index contributed by atoms with van der Waals surface area (Å²) in [6.07, 6.45) is -0.104. The molecule has 0 atom stereocenters. The van der Waals surface area contributed by atoms with Gasteiger partial charge in [-0.3, -0.25) is 4.79 Å². The molecule has 0 bridgehead atoms. The molecule has 0 fully saturated rings. The van der Waals surface area contributed by atoms with E-state index in [9.17, 15) is 9.18 Å². The number of nitrogens with zero attached hydrogens (tertiary/aromatic N) is 4. The predicted molar refractivity (Wildman–Crippen MR) is 55.5 cm³/mol. The Bertz CT molecular complexity index is 541. The third-order valence-electron chi connectivity index (χ3n) is 2.09. The van der Waals surface area contributed by atoms with E-state index in [-0.39, 0.29) is 24.4 Å². The number of carboxylic acids is 1. The average molecular weight is 236 g/mol. The smallest absolute Gasteiger partial charge is 0.305 e. The van der Waals surface area contributed by atoms with Crippen molar-refractivity contribution in [3.05, 3.63) is 30.1 Å². The molecule has 0 amide bonds. The molecule has 0 aliphatic carbocycles. The highest BCUT2D eigenvalue weighted by Gasteiger charge is 2.10. The summed E-state index contributed by atoms with van der Waals surface area (Å²) in [5, 5.41) is 19.7. The summed E-state index contributed by atoms with van der Waals surface area (Å²) in [5.41, 5.74) is 0.245. The summed E-state index contributed by atoms with van der Waals surface area (Å²) in [4.78, 5) is 11.5. The van der Waals surface area contributed by atoms with Gasteiger partial charge in [-0.25, -0.2) is 4.39 Å². The van der Waals surface area contributed by atoms with Crippen LogP contribution in [0.4, 0.5) is 4.39 Å². The number of hydrogen-bond donors (Lipinski definition) is 1. The van der Waals surface area contributed by atoms with Crippen LogP contribution in [-0.2, 0) is 11.3 Å². The van der Waals surface area contributed by atoms with Gasteiger partial charge in [0.15, 0.2) is 0 Å². The van der Waals surface area contributed by atoms with Gasteiger partial charge in [0, 0.05) is 0 Å². The fourth-order valence-electron chi connectivity index (χ4n) is 1.28. The van der Waals surface area contributed by atoms with Crippen LogP contribution < -0.4 is 0 Å². The van der Waals surface area contributed by atoms with Crippen molar-refractivity contribution in [2.75, 3.05) is 0 Å². The van der Waals surface area contributed by atoms with Crippen molar-refractivity contribution in [3.63, 3.8) is 0 Å². The Kier molecular flexibility index (Phi) is 3.08. The lowest BCUT2D eigenvalue weighted by Gasteiger charge is -1.96. The van der Waals surface area contributed by atoms with E-state index in [2.05, 4.69) is 15.4 Å². The number of tetrazole rings is 1. The summed E-state index contributed by atoms with van der Waals surface area (Å²) in [5.74, 6) is -1.24. The third kappa shape index (κ3) is 2.63. The normalized spacial score (nSPS) is 10.4. The SMILES string of the molecule is O=C(O)CCn1nnc(-c2ccccc2F)n1. The fourth-order valence-corrected chi connectivity index (χ4v) is 1.28. The molecule has 0 saturated heterocycles. The molecule has 0 aliphatic heterocycles. The second-order valence-corrected chi connectivity index (χ2v) is 3.33. The Morgan fingerprint density at radius 2 is 2.18 bits per heavy atom. The summed E-state index contributed by atoms with van der Waals surface area (Å²) >= 11 is 0. The molecule has 17 heavy (non-hydrogen) atoms. The van der Waals surface area contributed by atoms with Crippen LogP contribution in [-0.4, -0.2) is 31.3 Å². The molecule has 0 unspecified atom stereocenters. The lowest BCUT2D eigenvalue weighted by Crippen LogP contribution is -2.07. The first-order valence-corrected chi connectivity index (χ1v) is 4.91. The second kappa shape index (κ2) is 4.69. The van der Waals surface area contributed by atoms with Crippen LogP contribution in [0.1, 0.15) is 6.42 Å². The molecule has 1 N–H and O–H groups in total. The quantitative estimate of drug-likeness (QED) is 0.854. The Morgan fingerprint density at radius 1 is 1.41 bits per heavy atom. The molecule has 0 spiro atoms. The summed E-state index contributed by atoms with van der Waals surface area (Å²) in [6.45, 7) is 0.108. The van der Waals surface area contributed by atoms with E-state index in [0.717, 1.165) is 4.80 Å². The van der Waals surface area contributed by atoms with Gasteiger partial charge in [0.2, 0.25) is 5.82 Å². The average Bonchev–Trinajstić information content (AvgIpc) is 2.75. The van der Waals surface area contributed by atoms with E-state index >= 15 is 0 Å². The van der Waals surface area contributed by atoms with Crippen LogP contribution in [0.15, 0.2) is 24.3 Å². The minimum absolute atomic E-state index is 0.104. The topological polar surface area (TPSA) is 80.9 Å². The summed E-state index contributed by atoms with van der Waals surface area (Å²) in [7, 11) is 0. The summed E-state index contributed by atoms with van der Waals surface area (Å²) < 4.78 is 13.4. The molecule has 2 rings (SSSR count). The first kappa shape index (κ1) is 11.2. The number of aryl methyl sites for hydroxylation is 1. The van der Waals surface area contributed by atoms with Gasteiger partial charge in [0.1, 0.15) is 5.82 Å². The Labute approximate surface area is 95.7 Å². The van der Waals surface area contributed by atoms with E-state index in [1.807, 2.05) is 0 Å². The predicted octanol–water partition coefficient (Wildman–Crippen LogP) is 0.954. The summed E-state index contributed by atoms with van der Waals surface area (Å²) in [6, 6.07) is 6.06. The van der Waals surface area contributed by atoms with Crippen molar-refractivity contribution >= 4 is 5.97 Å². The van der Waals surface area contributed by atoms with Gasteiger partial charge in [0.25, 0.3) is 0 Å². The molecule has 1 aromatic carbocycles. The number of halogens is 1. The number of hydrogen-bond acceptors (Lipinski definition) is 4. The number of carbonyl (C=O) groups is 1. The van der Waals surface area contributed by atoms with Crippen LogP contribution in [0.3, 0.4) is 0 Å². The lowest BCUT2D eigenvalue weighted by molar-refractivity contribution is -0.137. The zero-order valence-electron chi connectivity index (χ0n) is 8.75. The maximum atomic E-state index is 13.4. The molecule has 0 saturated carbocycles. The minimum atomic E-state index is -0.949. The molecule has 88 valence electrons. The van der Waals surface area contributed by atoms with Gasteiger partial charge in [-0.1, -0.05) is 12.1 Å². The fraction of sp³-hybridized carbons (Fsp3) is 0.200. The molecule has 1 heterocycles. The standard InChI is InChI=1S/C10H9FN4O2/c11-8-4-2-1-3-7(8)10-12-14-15(13-10)6-5-9(16)17/h1-4H,5-6H2,(H,16,17). The highest BCUT2D eigenvalue weighted by Crippen LogP contribution is 2.16. The monoisotopic (exact) mass is 236 g/mol. The van der Waals surface area contributed by atoms with Gasteiger partial charge in [-0.05, 0) is 17.3 Å². The van der Waals surface area contributed by atoms with E-state index in [1.165, 1.54) is 12.1 Å². The lowest BCUT2D eigenvalue weighted by atomic mass is 10.2. The molecule has 2 aromatic rings. The van der Waals surface area contributed by atoms with Crippen LogP contribution in [0.2, 0.25) is 0 Å². The van der Waals surface area contributed by atoms with E-state index < -0.39 is 11.8 Å². The number of benzene rings is 1. The van der Waals surface area contributed by atoms with Crippen LogP contribution in [0.25, 0.3) is 11.4 Å². The second-order valence-electron chi connectivity index (χ2n) is 3.33. The van der Waals surface area contributed by atoms with Gasteiger partial charge < -0.3 is 5.11 Å². The van der Waals surface area contributed by atoms with Crippen molar-refractivity contribution in [2.24, 2.45) is 0 Å². The molecular formula is C10H9FN4O2. The van der Waals surface area contributed by atoms with Gasteiger partial charge in [-0.15, -0.1) is 10.2 Å². The first-order valence-electron chi connectivity index (χ1n) is 4.91. The van der Waals surface area contributed by atoms with E-state index in [4.69, 9.17) is 5.11 Å². The zero-order valence-corrected chi connectivity index (χ0v) is 8.75. The maximum absolute atomic E-state index is 13.4. The van der Waals surface area contributed by atoms with Gasteiger partial charge in [0.05, 0.1) is 18.5 Å². The van der Waals surface area contributed by atoms with E-state index in [1.54, 1.807) is 12.1 Å². The highest BCUT2D eigenvalue weighted by atomic mass is 19.1. The van der Waals surface area contributed by atoms with Gasteiger partial charge in [-0.2, -0.15) is 4.80 Å². The highest BCUT2D eigenvalue weighted by molar-refractivity contribution is 5.66. The molecule has 6 nitrogen and oxygen atoms in total. The van der Waals surface area contributed by atoms with Crippen molar-refractivity contribution in [1.82, 2.24) is 20.2 Å². The van der Waals surface area contributed by atoms with Crippen molar-refractivity contribution < 1.29 is 14.3 Å². The minimum Gasteiger partial charge on any atom is -0.481 e. The largest absolute Gasteiger partial charge is 0.481 e. The van der Waals surface area contributed by atoms with Crippen molar-refractivity contribution in [2.45, 2.75) is 13.0 Å². The number of aliphatic carboxylic acids is 1. The molecule has 0 radical (unpaired) electrons. The number of rotatable bonds is 4. The van der Waals surface area contributed by atoms with Crippen molar-refractivity contribution in [1.29, 1.82) is 0 Å². The first-order chi connectivity index (χ1) is 8.16. The third-order valence-corrected chi connectivity index (χ3v) is 2.09. The van der Waals surface area contributed by atoms with E-state index in [0.29, 0.717) is 0 Å². The molecule has 1 aromatic heterocycles. The number of aromatic nitrogens is 4. The van der Waals surface area contributed by atoms with Crippen LogP contribution in [0, 0.1) is 5.82 Å². The van der Waals surface area contributed by atoms with Gasteiger partial charge >= 0.3 is 5.97 Å². The van der Waals surface area contributed by atoms with Crippen molar-refractivity contribution in [3.8, 4) is 11.4 Å². The van der Waals surface area contributed by atoms with Crippen LogP contribution >= 0.6 is 0 Å². The molecular weight excluding hydrogens is 227 g/mol. The zero-order chi connectivity index (χ0) is 12.3. The Balaban J connectivity index is 2.18. The molecule has 7 heteroatoms.